The van der Waals surface area contributed by atoms with Crippen LogP contribution in [-0.4, -0.2) is 22.4 Å². The fraction of sp³-hybridized carbons (Fsp3) is 0.786. The van der Waals surface area contributed by atoms with Gasteiger partial charge in [-0.25, -0.2) is 0 Å². The molecule has 0 fully saturated rings. The van der Waals surface area contributed by atoms with Gasteiger partial charge in [0.25, 0.3) is 0 Å². The first-order valence-corrected chi connectivity index (χ1v) is 7.81. The van der Waals surface area contributed by atoms with Crippen LogP contribution in [0, 0.1) is 5.92 Å². The Morgan fingerprint density at radius 2 is 1.94 bits per heavy atom. The molecule has 1 N–H and O–H groups in total. The molecule has 3 nitrogen and oxygen atoms in total. The lowest BCUT2D eigenvalue weighted by Gasteiger charge is -2.22. The van der Waals surface area contributed by atoms with E-state index >= 15 is 0 Å². The fourth-order valence-electron chi connectivity index (χ4n) is 2.23. The molecule has 4 heteroatoms. The third-order valence-corrected chi connectivity index (χ3v) is 4.29. The van der Waals surface area contributed by atoms with E-state index in [0.717, 1.165) is 25.9 Å². The molecule has 0 aliphatic rings. The summed E-state index contributed by atoms with van der Waals surface area (Å²) in [6, 6.07) is 0.512. The summed E-state index contributed by atoms with van der Waals surface area (Å²) in [6.45, 7) is 13.0. The summed E-state index contributed by atoms with van der Waals surface area (Å²) in [5, 5.41) is 8.24. The topological polar surface area (TPSA) is 29.9 Å². The summed E-state index contributed by atoms with van der Waals surface area (Å²) >= 11 is 3.72. The molecular weight excluding hydrogens is 290 g/mol. The molecule has 1 rings (SSSR count). The Bertz CT molecular complexity index is 371. The highest BCUT2D eigenvalue weighted by molar-refractivity contribution is 9.10. The number of rotatable bonds is 7. The van der Waals surface area contributed by atoms with Crippen LogP contribution in [0.1, 0.15) is 46.0 Å². The van der Waals surface area contributed by atoms with E-state index in [9.17, 15) is 0 Å². The van der Waals surface area contributed by atoms with Gasteiger partial charge in [0.1, 0.15) is 0 Å². The van der Waals surface area contributed by atoms with Gasteiger partial charge in [0.15, 0.2) is 0 Å². The first kappa shape index (κ1) is 15.7. The van der Waals surface area contributed by atoms with Gasteiger partial charge in [0.2, 0.25) is 0 Å². The monoisotopic (exact) mass is 315 g/mol. The number of hydrogen-bond donors (Lipinski definition) is 1. The summed E-state index contributed by atoms with van der Waals surface area (Å²) in [5.41, 5.74) is 2.50. The molecule has 1 unspecified atom stereocenters. The summed E-state index contributed by atoms with van der Waals surface area (Å²) < 4.78 is 3.34. The molecule has 0 spiro atoms. The van der Waals surface area contributed by atoms with Gasteiger partial charge in [-0.3, -0.25) is 4.68 Å². The van der Waals surface area contributed by atoms with E-state index in [1.165, 1.54) is 15.9 Å². The van der Waals surface area contributed by atoms with Gasteiger partial charge in [-0.2, -0.15) is 5.10 Å². The van der Waals surface area contributed by atoms with E-state index in [0.29, 0.717) is 12.0 Å². The molecule has 1 aromatic rings. The number of hydrogen-bond acceptors (Lipinski definition) is 2. The first-order chi connectivity index (χ1) is 8.54. The van der Waals surface area contributed by atoms with Crippen molar-refractivity contribution in [2.75, 3.05) is 6.54 Å². The Morgan fingerprint density at radius 1 is 1.28 bits per heavy atom. The van der Waals surface area contributed by atoms with Crippen molar-refractivity contribution in [3.05, 3.63) is 15.9 Å². The predicted octanol–water partition coefficient (Wildman–Crippen LogP) is 3.40. The lowest BCUT2D eigenvalue weighted by molar-refractivity contribution is 0.394. The van der Waals surface area contributed by atoms with Crippen LogP contribution >= 0.6 is 15.9 Å². The number of aromatic nitrogens is 2. The van der Waals surface area contributed by atoms with Crippen molar-refractivity contribution in [3.8, 4) is 0 Å². The minimum atomic E-state index is 0.512. The summed E-state index contributed by atoms with van der Waals surface area (Å²) in [7, 11) is 0. The molecule has 0 aliphatic carbocycles. The molecule has 1 atom stereocenters. The number of likely N-dealkylation sites (N-methyl/N-ethyl adjacent to an activating group) is 1. The van der Waals surface area contributed by atoms with E-state index in [1.54, 1.807) is 0 Å². The Hall–Kier alpha value is -0.350. The maximum Gasteiger partial charge on any atom is 0.0766 e. The quantitative estimate of drug-likeness (QED) is 0.835. The molecular formula is C14H26BrN3. The smallest absolute Gasteiger partial charge is 0.0766 e. The Kier molecular flexibility index (Phi) is 6.36. The highest BCUT2D eigenvalue weighted by atomic mass is 79.9. The van der Waals surface area contributed by atoms with Gasteiger partial charge < -0.3 is 5.32 Å². The second kappa shape index (κ2) is 7.29. The van der Waals surface area contributed by atoms with Gasteiger partial charge in [-0.15, -0.1) is 0 Å². The molecule has 1 heterocycles. The highest BCUT2D eigenvalue weighted by Crippen LogP contribution is 2.24. The molecule has 0 saturated carbocycles. The Morgan fingerprint density at radius 3 is 2.39 bits per heavy atom. The van der Waals surface area contributed by atoms with Crippen LogP contribution in [0.25, 0.3) is 0 Å². The van der Waals surface area contributed by atoms with Gasteiger partial charge in [0, 0.05) is 19.0 Å². The molecule has 0 bridgehead atoms. The molecule has 0 aromatic carbocycles. The second-order valence-electron chi connectivity index (χ2n) is 4.99. The minimum absolute atomic E-state index is 0.512. The molecule has 0 aliphatic heterocycles. The molecule has 0 amide bonds. The number of halogens is 1. The lowest BCUT2D eigenvalue weighted by Crippen LogP contribution is -2.36. The average molecular weight is 316 g/mol. The standard InChI is InChI=1S/C14H26BrN3/c1-6-11-14(15)13(18(8-3)17-11)9-12(10(4)5)16-7-2/h10,12,16H,6-9H2,1-5H3. The molecule has 1 aromatic heterocycles. The highest BCUT2D eigenvalue weighted by Gasteiger charge is 2.19. The molecule has 18 heavy (non-hydrogen) atoms. The van der Waals surface area contributed by atoms with Gasteiger partial charge in [-0.1, -0.05) is 27.7 Å². The summed E-state index contributed by atoms with van der Waals surface area (Å²) in [4.78, 5) is 0. The van der Waals surface area contributed by atoms with E-state index in [1.807, 2.05) is 0 Å². The van der Waals surface area contributed by atoms with E-state index in [-0.39, 0.29) is 0 Å². The van der Waals surface area contributed by atoms with Crippen molar-refractivity contribution in [1.29, 1.82) is 0 Å². The molecule has 0 saturated heterocycles. The van der Waals surface area contributed by atoms with Crippen LogP contribution in [0.2, 0.25) is 0 Å². The first-order valence-electron chi connectivity index (χ1n) is 7.02. The third-order valence-electron chi connectivity index (χ3n) is 3.38. The largest absolute Gasteiger partial charge is 0.314 e. The van der Waals surface area contributed by atoms with Crippen molar-refractivity contribution >= 4 is 15.9 Å². The normalized spacial score (nSPS) is 13.3. The van der Waals surface area contributed by atoms with E-state index in [2.05, 4.69) is 65.6 Å². The second-order valence-corrected chi connectivity index (χ2v) is 5.78. The molecule has 0 radical (unpaired) electrons. The SMILES string of the molecule is CCNC(Cc1c(Br)c(CC)nn1CC)C(C)C. The van der Waals surface area contributed by atoms with Crippen molar-refractivity contribution in [3.63, 3.8) is 0 Å². The lowest BCUT2D eigenvalue weighted by atomic mass is 9.99. The van der Waals surface area contributed by atoms with Gasteiger partial charge >= 0.3 is 0 Å². The maximum atomic E-state index is 4.66. The van der Waals surface area contributed by atoms with Gasteiger partial charge in [0.05, 0.1) is 15.9 Å². The van der Waals surface area contributed by atoms with Crippen molar-refractivity contribution in [2.24, 2.45) is 5.92 Å². The van der Waals surface area contributed by atoms with Crippen LogP contribution < -0.4 is 5.32 Å². The minimum Gasteiger partial charge on any atom is -0.314 e. The van der Waals surface area contributed by atoms with E-state index < -0.39 is 0 Å². The summed E-state index contributed by atoms with van der Waals surface area (Å²) in [6.07, 6.45) is 2.01. The number of aryl methyl sites for hydroxylation is 2. The van der Waals surface area contributed by atoms with Crippen LogP contribution in [0.5, 0.6) is 0 Å². The Labute approximate surface area is 119 Å². The van der Waals surface area contributed by atoms with E-state index in [4.69, 9.17) is 0 Å². The molecule has 104 valence electrons. The van der Waals surface area contributed by atoms with Crippen molar-refractivity contribution < 1.29 is 0 Å². The number of nitrogens with one attached hydrogen (secondary N) is 1. The Balaban J connectivity index is 2.96. The van der Waals surface area contributed by atoms with Gasteiger partial charge in [-0.05, 0) is 41.7 Å². The zero-order chi connectivity index (χ0) is 13.7. The zero-order valence-corrected chi connectivity index (χ0v) is 13.8. The van der Waals surface area contributed by atoms with Crippen LogP contribution in [0.15, 0.2) is 4.47 Å². The zero-order valence-electron chi connectivity index (χ0n) is 12.3. The average Bonchev–Trinajstić information content (AvgIpc) is 2.65. The third kappa shape index (κ3) is 3.58. The fourth-order valence-corrected chi connectivity index (χ4v) is 2.95. The summed E-state index contributed by atoms with van der Waals surface area (Å²) in [5.74, 6) is 0.627. The van der Waals surface area contributed by atoms with Crippen LogP contribution in [-0.2, 0) is 19.4 Å². The van der Waals surface area contributed by atoms with Crippen LogP contribution in [0.4, 0.5) is 0 Å². The van der Waals surface area contributed by atoms with Crippen LogP contribution in [0.3, 0.4) is 0 Å². The maximum absolute atomic E-state index is 4.66. The van der Waals surface area contributed by atoms with Crippen molar-refractivity contribution in [2.45, 2.75) is 60.0 Å². The van der Waals surface area contributed by atoms with Crippen molar-refractivity contribution in [1.82, 2.24) is 15.1 Å². The predicted molar refractivity (Wildman–Crippen MR) is 81.0 cm³/mol. The number of nitrogens with zero attached hydrogens (tertiary/aromatic N) is 2.